The van der Waals surface area contributed by atoms with Crippen molar-refractivity contribution in [3.63, 3.8) is 0 Å². The van der Waals surface area contributed by atoms with Gasteiger partial charge in [0.2, 0.25) is 5.88 Å². The number of hydrogen-bond donors (Lipinski definition) is 3. The van der Waals surface area contributed by atoms with Crippen LogP contribution in [0.15, 0.2) is 11.6 Å². The molecule has 18 heavy (non-hydrogen) atoms. The van der Waals surface area contributed by atoms with Crippen LogP contribution in [0.3, 0.4) is 0 Å². The van der Waals surface area contributed by atoms with Gasteiger partial charge in [0.15, 0.2) is 4.96 Å². The highest BCUT2D eigenvalue weighted by Gasteiger charge is 2.19. The molecule has 7 heteroatoms. The lowest BCUT2D eigenvalue weighted by atomic mass is 10.1. The van der Waals surface area contributed by atoms with E-state index in [4.69, 9.17) is 9.84 Å². The largest absolute Gasteiger partial charge is 0.480 e. The van der Waals surface area contributed by atoms with Crippen molar-refractivity contribution in [2.24, 2.45) is 0 Å². The Kier molecular flexibility index (Phi) is 3.86. The first-order chi connectivity index (χ1) is 8.57. The van der Waals surface area contributed by atoms with Crippen LogP contribution in [-0.2, 0) is 6.54 Å². The minimum Gasteiger partial charge on any atom is -0.480 e. The molecule has 0 spiro atoms. The van der Waals surface area contributed by atoms with Crippen LogP contribution in [0.4, 0.5) is 0 Å². The van der Waals surface area contributed by atoms with E-state index in [1.54, 1.807) is 14.0 Å². The zero-order valence-corrected chi connectivity index (χ0v) is 11.2. The van der Waals surface area contributed by atoms with Gasteiger partial charge in [-0.1, -0.05) is 0 Å². The van der Waals surface area contributed by atoms with E-state index in [1.165, 1.54) is 11.3 Å². The summed E-state index contributed by atoms with van der Waals surface area (Å²) in [6.07, 6.45) is 1.93. The summed E-state index contributed by atoms with van der Waals surface area (Å²) < 4.78 is 7.17. The molecule has 2 rings (SSSR count). The summed E-state index contributed by atoms with van der Waals surface area (Å²) in [5, 5.41) is 23.7. The first-order valence-corrected chi connectivity index (χ1v) is 6.48. The van der Waals surface area contributed by atoms with Gasteiger partial charge in [-0.15, -0.1) is 11.3 Å². The third-order valence-electron chi connectivity index (χ3n) is 2.66. The number of aliphatic hydroxyl groups excluding tert-OH is 1. The van der Waals surface area contributed by atoms with Gasteiger partial charge < -0.3 is 20.3 Å². The van der Waals surface area contributed by atoms with Crippen molar-refractivity contribution >= 4 is 16.3 Å². The van der Waals surface area contributed by atoms with Crippen molar-refractivity contribution in [1.82, 2.24) is 14.7 Å². The molecular formula is C11H17N3O3S. The maximum atomic E-state index is 9.69. The van der Waals surface area contributed by atoms with Crippen LogP contribution < -0.4 is 10.1 Å². The van der Waals surface area contributed by atoms with Crippen molar-refractivity contribution in [3.8, 4) is 5.88 Å². The van der Waals surface area contributed by atoms with Crippen LogP contribution in [0.1, 0.15) is 12.6 Å². The van der Waals surface area contributed by atoms with E-state index in [9.17, 15) is 5.11 Å². The zero-order chi connectivity index (χ0) is 13.2. The summed E-state index contributed by atoms with van der Waals surface area (Å²) >= 11 is 1.54. The van der Waals surface area contributed by atoms with Crippen LogP contribution >= 0.6 is 11.3 Å². The fourth-order valence-corrected chi connectivity index (χ4v) is 2.37. The fraction of sp³-hybridized carbons (Fsp3) is 0.545. The molecule has 0 aliphatic rings. The van der Waals surface area contributed by atoms with Gasteiger partial charge >= 0.3 is 0 Å². The molecule has 2 aromatic heterocycles. The van der Waals surface area contributed by atoms with Crippen LogP contribution in [0.25, 0.3) is 4.96 Å². The van der Waals surface area contributed by atoms with Gasteiger partial charge in [0.05, 0.1) is 19.3 Å². The topological polar surface area (TPSA) is 79.0 Å². The highest BCUT2D eigenvalue weighted by molar-refractivity contribution is 7.15. The number of ether oxygens (including phenoxy) is 1. The average Bonchev–Trinajstić information content (AvgIpc) is 2.90. The second-order valence-corrected chi connectivity index (χ2v) is 5.25. The van der Waals surface area contributed by atoms with Crippen LogP contribution in [0.5, 0.6) is 5.88 Å². The highest BCUT2D eigenvalue weighted by Crippen LogP contribution is 2.22. The first-order valence-electron chi connectivity index (χ1n) is 5.60. The minimum atomic E-state index is -1.12. The first kappa shape index (κ1) is 13.3. The van der Waals surface area contributed by atoms with Gasteiger partial charge in [0.25, 0.3) is 0 Å². The molecule has 0 aliphatic heterocycles. The predicted octanol–water partition coefficient (Wildman–Crippen LogP) is 0.237. The van der Waals surface area contributed by atoms with Crippen molar-refractivity contribution in [2.75, 3.05) is 20.3 Å². The number of fused-ring (bicyclic) bond motifs is 1. The summed E-state index contributed by atoms with van der Waals surface area (Å²) in [4.78, 5) is 5.21. The van der Waals surface area contributed by atoms with Gasteiger partial charge in [0, 0.05) is 24.7 Å². The Hall–Kier alpha value is -1.15. The number of nitrogens with one attached hydrogen (secondary N) is 1. The molecule has 2 heterocycles. The van der Waals surface area contributed by atoms with Gasteiger partial charge in [-0.05, 0) is 6.92 Å². The van der Waals surface area contributed by atoms with Crippen molar-refractivity contribution in [3.05, 3.63) is 17.3 Å². The Labute approximate surface area is 109 Å². The summed E-state index contributed by atoms with van der Waals surface area (Å²) in [6.45, 7) is 2.10. The van der Waals surface area contributed by atoms with Crippen LogP contribution in [-0.4, -0.2) is 45.5 Å². The third-order valence-corrected chi connectivity index (χ3v) is 3.41. The van der Waals surface area contributed by atoms with E-state index in [0.29, 0.717) is 19.0 Å². The van der Waals surface area contributed by atoms with E-state index in [2.05, 4.69) is 10.3 Å². The molecule has 0 fully saturated rings. The second-order valence-electron chi connectivity index (χ2n) is 4.38. The molecule has 3 N–H and O–H groups in total. The molecular weight excluding hydrogens is 254 g/mol. The Morgan fingerprint density at radius 3 is 3.06 bits per heavy atom. The Morgan fingerprint density at radius 1 is 1.61 bits per heavy atom. The lowest BCUT2D eigenvalue weighted by Gasteiger charge is -2.20. The number of rotatable bonds is 6. The molecule has 0 aliphatic carbocycles. The van der Waals surface area contributed by atoms with Crippen molar-refractivity contribution in [2.45, 2.75) is 19.1 Å². The average molecular weight is 271 g/mol. The fourth-order valence-electron chi connectivity index (χ4n) is 1.64. The van der Waals surface area contributed by atoms with Gasteiger partial charge in [-0.3, -0.25) is 4.40 Å². The van der Waals surface area contributed by atoms with E-state index in [-0.39, 0.29) is 6.61 Å². The van der Waals surface area contributed by atoms with Crippen molar-refractivity contribution in [1.29, 1.82) is 0 Å². The Morgan fingerprint density at radius 2 is 2.39 bits per heavy atom. The lowest BCUT2D eigenvalue weighted by molar-refractivity contribution is 0.00244. The molecule has 6 nitrogen and oxygen atoms in total. The molecule has 1 unspecified atom stereocenters. The number of methoxy groups -OCH3 is 1. The van der Waals surface area contributed by atoms with E-state index >= 15 is 0 Å². The van der Waals surface area contributed by atoms with E-state index in [1.807, 2.05) is 16.0 Å². The number of imidazole rings is 1. The molecule has 0 amide bonds. The molecule has 0 aromatic carbocycles. The normalized spacial score (nSPS) is 14.9. The molecule has 0 bridgehead atoms. The maximum absolute atomic E-state index is 9.69. The number of aromatic nitrogens is 2. The van der Waals surface area contributed by atoms with Crippen LogP contribution in [0.2, 0.25) is 0 Å². The number of hydrogen-bond acceptors (Lipinski definition) is 6. The van der Waals surface area contributed by atoms with Gasteiger partial charge in [-0.2, -0.15) is 4.98 Å². The summed E-state index contributed by atoms with van der Waals surface area (Å²) in [5.74, 6) is 0.581. The lowest BCUT2D eigenvalue weighted by Crippen LogP contribution is -2.40. The molecule has 100 valence electrons. The predicted molar refractivity (Wildman–Crippen MR) is 69.0 cm³/mol. The second kappa shape index (κ2) is 5.23. The third kappa shape index (κ3) is 2.64. The number of aliphatic hydroxyl groups is 2. The SMILES string of the molecule is COc1nc2sccn2c1CNCC(C)(O)CO. The van der Waals surface area contributed by atoms with E-state index in [0.717, 1.165) is 10.7 Å². The molecule has 1 atom stereocenters. The molecule has 0 saturated carbocycles. The van der Waals surface area contributed by atoms with Gasteiger partial charge in [-0.25, -0.2) is 0 Å². The molecule has 0 saturated heterocycles. The van der Waals surface area contributed by atoms with E-state index < -0.39 is 5.60 Å². The minimum absolute atomic E-state index is 0.280. The summed E-state index contributed by atoms with van der Waals surface area (Å²) in [6, 6.07) is 0. The quantitative estimate of drug-likeness (QED) is 0.701. The molecule has 2 aromatic rings. The van der Waals surface area contributed by atoms with Gasteiger partial charge in [0.1, 0.15) is 5.69 Å². The maximum Gasteiger partial charge on any atom is 0.237 e. The number of nitrogens with zero attached hydrogens (tertiary/aromatic N) is 2. The summed E-state index contributed by atoms with van der Waals surface area (Å²) in [7, 11) is 1.58. The summed E-state index contributed by atoms with van der Waals surface area (Å²) in [5.41, 5.74) is -0.214. The highest BCUT2D eigenvalue weighted by atomic mass is 32.1. The smallest absolute Gasteiger partial charge is 0.237 e. The zero-order valence-electron chi connectivity index (χ0n) is 10.4. The van der Waals surface area contributed by atoms with Crippen LogP contribution in [0, 0.1) is 0 Å². The van der Waals surface area contributed by atoms with Crippen molar-refractivity contribution < 1.29 is 14.9 Å². The monoisotopic (exact) mass is 271 g/mol. The Bertz CT molecular complexity index is 521. The standard InChI is InChI=1S/C11H17N3O3S/c1-11(16,7-15)6-12-5-8-9(17-2)13-10-14(8)3-4-18-10/h3-4,12,15-16H,5-7H2,1-2H3. The molecule has 0 radical (unpaired) electrons. The number of thiazole rings is 1. The Balaban J connectivity index is 2.08.